The molecule has 2 fully saturated rings. The highest BCUT2D eigenvalue weighted by Crippen LogP contribution is 2.32. The number of nitrogens with one attached hydrogen (secondary N) is 2. The van der Waals surface area contributed by atoms with Gasteiger partial charge in [0.1, 0.15) is 0 Å². The summed E-state index contributed by atoms with van der Waals surface area (Å²) in [5.74, 6) is 1.52. The van der Waals surface area contributed by atoms with Crippen LogP contribution in [0, 0.1) is 25.7 Å². The van der Waals surface area contributed by atoms with Crippen molar-refractivity contribution in [1.29, 1.82) is 0 Å². The molecule has 1 aromatic rings. The molecule has 4 nitrogen and oxygen atoms in total. The summed E-state index contributed by atoms with van der Waals surface area (Å²) in [6.07, 6.45) is 0. The predicted octanol–water partition coefficient (Wildman–Crippen LogP) is 1.78. The van der Waals surface area contributed by atoms with Gasteiger partial charge in [-0.2, -0.15) is 0 Å². The monoisotopic (exact) mass is 287 g/mol. The summed E-state index contributed by atoms with van der Waals surface area (Å²) in [6, 6.07) is 6.66. The Balaban J connectivity index is 1.61. The van der Waals surface area contributed by atoms with Gasteiger partial charge in [0, 0.05) is 18.3 Å². The number of fused-ring (bicyclic) bond motifs is 1. The maximum Gasteiger partial charge on any atom is 0.238 e. The zero-order valence-electron chi connectivity index (χ0n) is 13.1. The SMILES string of the molecule is Cc1ccc(C)c(NC(=O)CN2CC3CNCC3C2C)c1. The number of carbonyl (C=O) groups is 1. The van der Waals surface area contributed by atoms with Crippen molar-refractivity contribution in [2.45, 2.75) is 26.8 Å². The van der Waals surface area contributed by atoms with Crippen molar-refractivity contribution in [3.8, 4) is 0 Å². The zero-order chi connectivity index (χ0) is 15.0. The molecule has 3 unspecified atom stereocenters. The number of benzene rings is 1. The van der Waals surface area contributed by atoms with Crippen LogP contribution in [0.15, 0.2) is 18.2 Å². The van der Waals surface area contributed by atoms with Gasteiger partial charge in [-0.25, -0.2) is 0 Å². The number of likely N-dealkylation sites (tertiary alicyclic amines) is 1. The van der Waals surface area contributed by atoms with E-state index in [0.717, 1.165) is 30.9 Å². The standard InChI is InChI=1S/C17H25N3O/c1-11-4-5-12(2)16(6-11)19-17(21)10-20-9-14-7-18-8-15(14)13(20)3/h4-6,13-15,18H,7-10H2,1-3H3,(H,19,21). The fourth-order valence-corrected chi connectivity index (χ4v) is 3.71. The van der Waals surface area contributed by atoms with Crippen LogP contribution in [-0.4, -0.2) is 43.0 Å². The predicted molar refractivity (Wildman–Crippen MR) is 85.4 cm³/mol. The topological polar surface area (TPSA) is 44.4 Å². The lowest BCUT2D eigenvalue weighted by molar-refractivity contribution is -0.117. The molecule has 3 atom stereocenters. The van der Waals surface area contributed by atoms with Gasteiger partial charge in [-0.3, -0.25) is 9.69 Å². The first-order valence-electron chi connectivity index (χ1n) is 7.86. The third-order valence-corrected chi connectivity index (χ3v) is 5.07. The van der Waals surface area contributed by atoms with E-state index in [2.05, 4.69) is 34.6 Å². The van der Waals surface area contributed by atoms with Crippen molar-refractivity contribution in [2.75, 3.05) is 31.5 Å². The first-order valence-corrected chi connectivity index (χ1v) is 7.86. The van der Waals surface area contributed by atoms with E-state index in [4.69, 9.17) is 0 Å². The minimum atomic E-state index is 0.100. The van der Waals surface area contributed by atoms with Crippen LogP contribution >= 0.6 is 0 Å². The summed E-state index contributed by atoms with van der Waals surface area (Å²) >= 11 is 0. The minimum absolute atomic E-state index is 0.100. The second-order valence-corrected chi connectivity index (χ2v) is 6.62. The summed E-state index contributed by atoms with van der Waals surface area (Å²) in [4.78, 5) is 14.7. The zero-order valence-corrected chi connectivity index (χ0v) is 13.1. The fourth-order valence-electron chi connectivity index (χ4n) is 3.71. The van der Waals surface area contributed by atoms with Gasteiger partial charge in [0.15, 0.2) is 0 Å². The molecule has 1 aromatic carbocycles. The summed E-state index contributed by atoms with van der Waals surface area (Å²) in [5.41, 5.74) is 3.23. The van der Waals surface area contributed by atoms with E-state index < -0.39 is 0 Å². The lowest BCUT2D eigenvalue weighted by Gasteiger charge is -2.23. The number of nitrogens with zero attached hydrogens (tertiary/aromatic N) is 1. The molecular formula is C17H25N3O. The average molecular weight is 287 g/mol. The Labute approximate surface area is 126 Å². The fraction of sp³-hybridized carbons (Fsp3) is 0.588. The van der Waals surface area contributed by atoms with E-state index in [1.807, 2.05) is 19.9 Å². The van der Waals surface area contributed by atoms with Gasteiger partial charge in [-0.1, -0.05) is 12.1 Å². The summed E-state index contributed by atoms with van der Waals surface area (Å²) < 4.78 is 0. The van der Waals surface area contributed by atoms with Crippen molar-refractivity contribution >= 4 is 11.6 Å². The number of hydrogen-bond donors (Lipinski definition) is 2. The van der Waals surface area contributed by atoms with Crippen LogP contribution in [0.2, 0.25) is 0 Å². The molecule has 0 saturated carbocycles. The molecule has 2 heterocycles. The highest BCUT2D eigenvalue weighted by molar-refractivity contribution is 5.93. The van der Waals surface area contributed by atoms with Gasteiger partial charge in [-0.05, 0) is 62.9 Å². The van der Waals surface area contributed by atoms with Gasteiger partial charge in [0.25, 0.3) is 0 Å². The van der Waals surface area contributed by atoms with Crippen LogP contribution in [0.1, 0.15) is 18.1 Å². The average Bonchev–Trinajstić information content (AvgIpc) is 2.99. The maximum absolute atomic E-state index is 12.3. The molecular weight excluding hydrogens is 262 g/mol. The minimum Gasteiger partial charge on any atom is -0.325 e. The lowest BCUT2D eigenvalue weighted by Crippen LogP contribution is -2.39. The van der Waals surface area contributed by atoms with Crippen LogP contribution in [0.4, 0.5) is 5.69 Å². The molecule has 2 aliphatic heterocycles. The van der Waals surface area contributed by atoms with Crippen molar-refractivity contribution in [3.63, 3.8) is 0 Å². The molecule has 0 aliphatic carbocycles. The van der Waals surface area contributed by atoms with Gasteiger partial charge >= 0.3 is 0 Å². The van der Waals surface area contributed by atoms with E-state index in [9.17, 15) is 4.79 Å². The van der Waals surface area contributed by atoms with E-state index >= 15 is 0 Å². The molecule has 2 N–H and O–H groups in total. The first kappa shape index (κ1) is 14.5. The lowest BCUT2D eigenvalue weighted by atomic mass is 9.95. The van der Waals surface area contributed by atoms with E-state index in [0.29, 0.717) is 24.4 Å². The molecule has 3 rings (SSSR count). The van der Waals surface area contributed by atoms with Gasteiger partial charge in [0.2, 0.25) is 5.91 Å². The van der Waals surface area contributed by atoms with E-state index in [-0.39, 0.29) is 5.91 Å². The molecule has 0 aromatic heterocycles. The summed E-state index contributed by atoms with van der Waals surface area (Å²) in [6.45, 7) is 10.1. The molecule has 4 heteroatoms. The molecule has 0 bridgehead atoms. The molecule has 21 heavy (non-hydrogen) atoms. The molecule has 1 amide bonds. The third-order valence-electron chi connectivity index (χ3n) is 5.07. The summed E-state index contributed by atoms with van der Waals surface area (Å²) in [5, 5.41) is 6.52. The number of carbonyl (C=O) groups excluding carboxylic acids is 1. The van der Waals surface area contributed by atoms with Crippen molar-refractivity contribution in [3.05, 3.63) is 29.3 Å². The van der Waals surface area contributed by atoms with Crippen LogP contribution in [0.3, 0.4) is 0 Å². The Bertz CT molecular complexity index is 543. The van der Waals surface area contributed by atoms with E-state index in [1.54, 1.807) is 0 Å². The smallest absolute Gasteiger partial charge is 0.238 e. The number of aryl methyl sites for hydroxylation is 2. The largest absolute Gasteiger partial charge is 0.325 e. The molecule has 2 saturated heterocycles. The van der Waals surface area contributed by atoms with Gasteiger partial charge in [0.05, 0.1) is 6.54 Å². The van der Waals surface area contributed by atoms with Crippen LogP contribution < -0.4 is 10.6 Å². The number of hydrogen-bond acceptors (Lipinski definition) is 3. The Kier molecular flexibility index (Phi) is 4.00. The molecule has 0 radical (unpaired) electrons. The van der Waals surface area contributed by atoms with Crippen LogP contribution in [0.5, 0.6) is 0 Å². The summed E-state index contributed by atoms with van der Waals surface area (Å²) in [7, 11) is 0. The van der Waals surface area contributed by atoms with Crippen molar-refractivity contribution in [1.82, 2.24) is 10.2 Å². The first-order chi connectivity index (χ1) is 10.0. The maximum atomic E-state index is 12.3. The Hall–Kier alpha value is -1.39. The number of rotatable bonds is 3. The quantitative estimate of drug-likeness (QED) is 0.891. The van der Waals surface area contributed by atoms with Crippen molar-refractivity contribution in [2.24, 2.45) is 11.8 Å². The normalized spacial score (nSPS) is 28.6. The second kappa shape index (κ2) is 5.78. The van der Waals surface area contributed by atoms with Crippen LogP contribution in [-0.2, 0) is 4.79 Å². The second-order valence-electron chi connectivity index (χ2n) is 6.62. The highest BCUT2D eigenvalue weighted by Gasteiger charge is 2.42. The van der Waals surface area contributed by atoms with Gasteiger partial charge in [-0.15, -0.1) is 0 Å². The Morgan fingerprint density at radius 1 is 1.38 bits per heavy atom. The van der Waals surface area contributed by atoms with Gasteiger partial charge < -0.3 is 10.6 Å². The van der Waals surface area contributed by atoms with Crippen molar-refractivity contribution < 1.29 is 4.79 Å². The molecule has 0 spiro atoms. The Morgan fingerprint density at radius 3 is 2.95 bits per heavy atom. The van der Waals surface area contributed by atoms with Crippen LogP contribution in [0.25, 0.3) is 0 Å². The highest BCUT2D eigenvalue weighted by atomic mass is 16.2. The third kappa shape index (κ3) is 2.97. The number of anilines is 1. The number of amides is 1. The molecule has 114 valence electrons. The van der Waals surface area contributed by atoms with E-state index in [1.165, 1.54) is 5.56 Å². The Morgan fingerprint density at radius 2 is 2.19 bits per heavy atom. The molecule has 2 aliphatic rings.